The lowest BCUT2D eigenvalue weighted by atomic mass is 10.2. The summed E-state index contributed by atoms with van der Waals surface area (Å²) < 4.78 is 9.84. The average Bonchev–Trinajstić information content (AvgIpc) is 3.35. The van der Waals surface area contributed by atoms with E-state index < -0.39 is 0 Å². The molecule has 1 aliphatic heterocycles. The quantitative estimate of drug-likeness (QED) is 0.536. The van der Waals surface area contributed by atoms with Crippen molar-refractivity contribution >= 4 is 23.5 Å². The van der Waals surface area contributed by atoms with Gasteiger partial charge in [-0.1, -0.05) is 11.8 Å². The molecule has 7 nitrogen and oxygen atoms in total. The normalized spacial score (nSPS) is 17.5. The van der Waals surface area contributed by atoms with Crippen molar-refractivity contribution in [2.75, 3.05) is 37.0 Å². The van der Waals surface area contributed by atoms with Crippen LogP contribution in [0.5, 0.6) is 0 Å². The highest BCUT2D eigenvalue weighted by Crippen LogP contribution is 2.38. The van der Waals surface area contributed by atoms with Gasteiger partial charge in [-0.25, -0.2) is 0 Å². The second-order valence-corrected chi connectivity index (χ2v) is 8.17. The van der Waals surface area contributed by atoms with Crippen LogP contribution >= 0.6 is 11.8 Å². The van der Waals surface area contributed by atoms with Crippen LogP contribution in [0, 0.1) is 13.8 Å². The van der Waals surface area contributed by atoms with Crippen LogP contribution in [0.4, 0.5) is 5.95 Å². The molecule has 1 saturated heterocycles. The van der Waals surface area contributed by atoms with E-state index in [1.165, 1.54) is 30.3 Å². The Morgan fingerprint density at radius 2 is 2.00 bits per heavy atom. The fourth-order valence-corrected chi connectivity index (χ4v) is 4.70. The average molecular weight is 390 g/mol. The minimum absolute atomic E-state index is 0.165. The van der Waals surface area contributed by atoms with E-state index in [2.05, 4.69) is 45.0 Å². The summed E-state index contributed by atoms with van der Waals surface area (Å²) in [5.74, 6) is 1.43. The van der Waals surface area contributed by atoms with Gasteiger partial charge in [0.15, 0.2) is 10.9 Å². The van der Waals surface area contributed by atoms with E-state index in [4.69, 9.17) is 4.74 Å². The zero-order valence-electron chi connectivity index (χ0n) is 16.3. The van der Waals surface area contributed by atoms with Crippen LogP contribution in [-0.2, 0) is 11.3 Å². The molecule has 1 aliphatic carbocycles. The number of ketones is 1. The number of hydrogen-bond acceptors (Lipinski definition) is 6. The SMILES string of the molecule is CCn1c(SCC(=O)c2cc(C)n(C3CC3)c2C)nnc1N1CCOCC1. The summed E-state index contributed by atoms with van der Waals surface area (Å²) in [5.41, 5.74) is 3.14. The highest BCUT2D eigenvalue weighted by molar-refractivity contribution is 7.99. The molecule has 146 valence electrons. The van der Waals surface area contributed by atoms with E-state index in [0.717, 1.165) is 42.0 Å². The van der Waals surface area contributed by atoms with Gasteiger partial charge in [0.05, 0.1) is 19.0 Å². The summed E-state index contributed by atoms with van der Waals surface area (Å²) >= 11 is 1.48. The van der Waals surface area contributed by atoms with Gasteiger partial charge in [-0.2, -0.15) is 0 Å². The van der Waals surface area contributed by atoms with Crippen molar-refractivity contribution in [3.8, 4) is 0 Å². The fraction of sp³-hybridized carbons (Fsp3) is 0.632. The van der Waals surface area contributed by atoms with Gasteiger partial charge in [0.25, 0.3) is 0 Å². The van der Waals surface area contributed by atoms with Crippen LogP contribution < -0.4 is 4.90 Å². The zero-order valence-corrected chi connectivity index (χ0v) is 17.1. The first-order valence-corrected chi connectivity index (χ1v) is 10.7. The number of aromatic nitrogens is 4. The summed E-state index contributed by atoms with van der Waals surface area (Å²) in [6, 6.07) is 2.64. The largest absolute Gasteiger partial charge is 0.378 e. The predicted molar refractivity (Wildman–Crippen MR) is 106 cm³/mol. The number of carbonyl (C=O) groups is 1. The molecule has 0 aromatic carbocycles. The maximum Gasteiger partial charge on any atom is 0.228 e. The highest BCUT2D eigenvalue weighted by Gasteiger charge is 2.28. The lowest BCUT2D eigenvalue weighted by Crippen LogP contribution is -2.38. The Kier molecular flexibility index (Phi) is 5.27. The Morgan fingerprint density at radius 3 is 2.67 bits per heavy atom. The summed E-state index contributed by atoms with van der Waals surface area (Å²) in [5, 5.41) is 9.53. The molecule has 2 aromatic heterocycles. The minimum atomic E-state index is 0.165. The van der Waals surface area contributed by atoms with E-state index in [1.54, 1.807) is 0 Å². The van der Waals surface area contributed by atoms with E-state index in [1.807, 2.05) is 6.07 Å². The number of hydrogen-bond donors (Lipinski definition) is 0. The second-order valence-electron chi connectivity index (χ2n) is 7.22. The topological polar surface area (TPSA) is 65.2 Å². The van der Waals surface area contributed by atoms with Crippen LogP contribution in [0.25, 0.3) is 0 Å². The maximum absolute atomic E-state index is 12.8. The minimum Gasteiger partial charge on any atom is -0.378 e. The molecule has 8 heteroatoms. The molecule has 27 heavy (non-hydrogen) atoms. The van der Waals surface area contributed by atoms with Crippen LogP contribution in [0.15, 0.2) is 11.2 Å². The number of thioether (sulfide) groups is 1. The van der Waals surface area contributed by atoms with Crippen molar-refractivity contribution in [2.24, 2.45) is 0 Å². The van der Waals surface area contributed by atoms with Gasteiger partial charge in [0.1, 0.15) is 0 Å². The number of carbonyl (C=O) groups excluding carboxylic acids is 1. The fourth-order valence-electron chi connectivity index (χ4n) is 3.82. The molecule has 0 atom stereocenters. The van der Waals surface area contributed by atoms with E-state index in [-0.39, 0.29) is 5.78 Å². The first-order valence-electron chi connectivity index (χ1n) is 9.70. The Hall–Kier alpha value is -1.80. The standard InChI is InChI=1S/C19H27N5O2S/c1-4-23-18(22-7-9-26-10-8-22)20-21-19(23)27-12-17(25)16-11-13(2)24(14(16)3)15-5-6-15/h11,15H,4-10,12H2,1-3H3. The summed E-state index contributed by atoms with van der Waals surface area (Å²) in [6.07, 6.45) is 2.45. The first kappa shape index (κ1) is 18.6. The lowest BCUT2D eigenvalue weighted by Gasteiger charge is -2.27. The summed E-state index contributed by atoms with van der Waals surface area (Å²) in [4.78, 5) is 15.0. The van der Waals surface area contributed by atoms with E-state index >= 15 is 0 Å². The third-order valence-electron chi connectivity index (χ3n) is 5.34. The molecule has 0 spiro atoms. The van der Waals surface area contributed by atoms with Crippen LogP contribution in [0.2, 0.25) is 0 Å². The Labute approximate surface area is 164 Å². The van der Waals surface area contributed by atoms with Gasteiger partial charge in [-0.05, 0) is 39.7 Å². The van der Waals surface area contributed by atoms with Crippen molar-refractivity contribution in [1.29, 1.82) is 0 Å². The maximum atomic E-state index is 12.8. The third-order valence-corrected chi connectivity index (χ3v) is 6.30. The van der Waals surface area contributed by atoms with Crippen LogP contribution in [0.1, 0.15) is 47.6 Å². The molecule has 2 aliphatic rings. The van der Waals surface area contributed by atoms with Gasteiger partial charge in [-0.3, -0.25) is 9.36 Å². The molecule has 3 heterocycles. The molecule has 0 bridgehead atoms. The van der Waals surface area contributed by atoms with Gasteiger partial charge in [0, 0.05) is 42.6 Å². The van der Waals surface area contributed by atoms with E-state index in [0.29, 0.717) is 25.0 Å². The number of anilines is 1. The smallest absolute Gasteiger partial charge is 0.228 e. The Balaban J connectivity index is 1.46. The van der Waals surface area contributed by atoms with Gasteiger partial charge in [-0.15, -0.1) is 10.2 Å². The molecular weight excluding hydrogens is 362 g/mol. The number of morpholine rings is 1. The first-order chi connectivity index (χ1) is 13.1. The summed E-state index contributed by atoms with van der Waals surface area (Å²) in [6.45, 7) is 10.1. The zero-order chi connectivity index (χ0) is 19.0. The molecule has 0 N–H and O–H groups in total. The lowest BCUT2D eigenvalue weighted by molar-refractivity contribution is 0.102. The Bertz CT molecular complexity index is 834. The van der Waals surface area contributed by atoms with Crippen LogP contribution in [-0.4, -0.2) is 57.2 Å². The highest BCUT2D eigenvalue weighted by atomic mass is 32.2. The number of aryl methyl sites for hydroxylation is 1. The molecule has 2 aromatic rings. The second kappa shape index (κ2) is 7.67. The number of Topliss-reactive ketones (excluding diaryl/α,β-unsaturated/α-hetero) is 1. The van der Waals surface area contributed by atoms with Crippen molar-refractivity contribution in [3.05, 3.63) is 23.0 Å². The monoisotopic (exact) mass is 389 g/mol. The molecule has 4 rings (SSSR count). The van der Waals surface area contributed by atoms with Gasteiger partial charge >= 0.3 is 0 Å². The van der Waals surface area contributed by atoms with Crippen molar-refractivity contribution in [1.82, 2.24) is 19.3 Å². The van der Waals surface area contributed by atoms with Crippen molar-refractivity contribution in [3.63, 3.8) is 0 Å². The number of nitrogens with zero attached hydrogens (tertiary/aromatic N) is 5. The Morgan fingerprint density at radius 1 is 1.26 bits per heavy atom. The molecule has 0 unspecified atom stereocenters. The molecule has 2 fully saturated rings. The third kappa shape index (κ3) is 3.65. The van der Waals surface area contributed by atoms with Crippen molar-refractivity contribution in [2.45, 2.75) is 51.4 Å². The van der Waals surface area contributed by atoms with Gasteiger partial charge < -0.3 is 14.2 Å². The van der Waals surface area contributed by atoms with Crippen molar-refractivity contribution < 1.29 is 9.53 Å². The molecule has 0 amide bonds. The number of rotatable bonds is 7. The number of ether oxygens (including phenoxy) is 1. The molecular formula is C19H27N5O2S. The van der Waals surface area contributed by atoms with E-state index in [9.17, 15) is 4.79 Å². The predicted octanol–water partition coefficient (Wildman–Crippen LogP) is 2.86. The summed E-state index contributed by atoms with van der Waals surface area (Å²) in [7, 11) is 0. The molecule has 0 radical (unpaired) electrons. The van der Waals surface area contributed by atoms with Crippen LogP contribution in [0.3, 0.4) is 0 Å². The molecule has 1 saturated carbocycles. The van der Waals surface area contributed by atoms with Gasteiger partial charge in [0.2, 0.25) is 5.95 Å².